The molecule has 0 radical (unpaired) electrons. The number of nitrogens with one attached hydrogen (secondary N) is 1. The van der Waals surface area contributed by atoms with Crippen molar-refractivity contribution in [1.29, 1.82) is 0 Å². The Morgan fingerprint density at radius 2 is 1.50 bits per heavy atom. The van der Waals surface area contributed by atoms with Crippen LogP contribution in [0.3, 0.4) is 0 Å². The molecule has 0 aliphatic carbocycles. The number of hydrogen-bond donors (Lipinski definition) is 1. The molecular weight excluding hydrogens is 290 g/mol. The van der Waals surface area contributed by atoms with Crippen molar-refractivity contribution < 1.29 is 0 Å². The zero-order valence-corrected chi connectivity index (χ0v) is 15.8. The van der Waals surface area contributed by atoms with Crippen LogP contribution in [0.5, 0.6) is 0 Å². The molecule has 0 amide bonds. The molecule has 130 valence electrons. The van der Waals surface area contributed by atoms with Gasteiger partial charge in [-0.25, -0.2) is 0 Å². The first kappa shape index (κ1) is 18.7. The predicted octanol–water partition coefficient (Wildman–Crippen LogP) is 5.80. The number of rotatable bonds is 9. The third-order valence-corrected chi connectivity index (χ3v) is 4.91. The van der Waals surface area contributed by atoms with Gasteiger partial charge in [-0.05, 0) is 54.8 Å². The van der Waals surface area contributed by atoms with Gasteiger partial charge >= 0.3 is 0 Å². The van der Waals surface area contributed by atoms with Crippen molar-refractivity contribution in [3.8, 4) is 0 Å². The molecule has 1 N–H and O–H groups in total. The minimum atomic E-state index is 0.447. The number of benzene rings is 2. The Bertz CT molecular complexity index is 571. The van der Waals surface area contributed by atoms with E-state index in [4.69, 9.17) is 0 Å². The van der Waals surface area contributed by atoms with E-state index in [2.05, 4.69) is 80.7 Å². The van der Waals surface area contributed by atoms with Crippen LogP contribution in [0.2, 0.25) is 0 Å². The van der Waals surface area contributed by atoms with Gasteiger partial charge in [0.05, 0.1) is 0 Å². The van der Waals surface area contributed by atoms with Crippen LogP contribution in [0.15, 0.2) is 54.6 Å². The zero-order chi connectivity index (χ0) is 17.4. The van der Waals surface area contributed by atoms with Crippen molar-refractivity contribution >= 4 is 0 Å². The van der Waals surface area contributed by atoms with Gasteiger partial charge in [-0.3, -0.25) is 0 Å². The van der Waals surface area contributed by atoms with Crippen molar-refractivity contribution in [2.24, 2.45) is 11.8 Å². The van der Waals surface area contributed by atoms with Gasteiger partial charge in [0.2, 0.25) is 0 Å². The smallest absolute Gasteiger partial charge is 0.0340 e. The molecule has 0 aromatic heterocycles. The van der Waals surface area contributed by atoms with Crippen LogP contribution >= 0.6 is 0 Å². The van der Waals surface area contributed by atoms with Crippen LogP contribution in [0.25, 0.3) is 0 Å². The fourth-order valence-electron chi connectivity index (χ4n) is 3.55. The number of hydrogen-bond acceptors (Lipinski definition) is 1. The van der Waals surface area contributed by atoms with Crippen molar-refractivity contribution in [2.75, 3.05) is 7.05 Å². The third kappa shape index (κ3) is 5.79. The molecule has 2 unspecified atom stereocenters. The van der Waals surface area contributed by atoms with Crippen molar-refractivity contribution in [2.45, 2.75) is 52.5 Å². The van der Waals surface area contributed by atoms with Gasteiger partial charge in [0, 0.05) is 6.04 Å². The Morgan fingerprint density at radius 3 is 2.08 bits per heavy atom. The van der Waals surface area contributed by atoms with Crippen molar-refractivity contribution in [3.63, 3.8) is 0 Å². The molecular formula is C23H33N. The predicted molar refractivity (Wildman–Crippen MR) is 105 cm³/mol. The molecule has 0 fully saturated rings. The minimum absolute atomic E-state index is 0.447. The molecule has 2 aromatic carbocycles. The van der Waals surface area contributed by atoms with Gasteiger partial charge in [0.1, 0.15) is 0 Å². The molecule has 0 aliphatic heterocycles. The molecule has 0 bridgehead atoms. The second-order valence-electron chi connectivity index (χ2n) is 7.44. The van der Waals surface area contributed by atoms with E-state index in [-0.39, 0.29) is 0 Å². The average Bonchev–Trinajstić information content (AvgIpc) is 2.58. The second-order valence-corrected chi connectivity index (χ2v) is 7.44. The lowest BCUT2D eigenvalue weighted by molar-refractivity contribution is 0.443. The topological polar surface area (TPSA) is 12.0 Å². The van der Waals surface area contributed by atoms with E-state index in [0.717, 1.165) is 5.92 Å². The summed E-state index contributed by atoms with van der Waals surface area (Å²) in [6.45, 7) is 6.91. The van der Waals surface area contributed by atoms with Crippen LogP contribution in [0.4, 0.5) is 0 Å². The normalized spacial score (nSPS) is 13.9. The van der Waals surface area contributed by atoms with Crippen LogP contribution in [-0.2, 0) is 12.8 Å². The van der Waals surface area contributed by atoms with Crippen molar-refractivity contribution in [1.82, 2.24) is 5.32 Å². The lowest BCUT2D eigenvalue weighted by Gasteiger charge is -2.21. The van der Waals surface area contributed by atoms with Gasteiger partial charge in [0.25, 0.3) is 0 Å². The van der Waals surface area contributed by atoms with E-state index >= 15 is 0 Å². The van der Waals surface area contributed by atoms with E-state index in [1.54, 1.807) is 0 Å². The highest BCUT2D eigenvalue weighted by Gasteiger charge is 2.13. The third-order valence-electron chi connectivity index (χ3n) is 4.91. The van der Waals surface area contributed by atoms with Gasteiger partial charge < -0.3 is 5.32 Å². The summed E-state index contributed by atoms with van der Waals surface area (Å²) in [6, 6.07) is 20.5. The lowest BCUT2D eigenvalue weighted by atomic mass is 9.92. The largest absolute Gasteiger partial charge is 0.313 e. The molecule has 0 heterocycles. The Balaban J connectivity index is 1.80. The molecule has 0 spiro atoms. The second kappa shape index (κ2) is 9.64. The van der Waals surface area contributed by atoms with Gasteiger partial charge in [-0.2, -0.15) is 0 Å². The fourth-order valence-corrected chi connectivity index (χ4v) is 3.55. The summed E-state index contributed by atoms with van der Waals surface area (Å²) in [4.78, 5) is 0. The highest BCUT2D eigenvalue weighted by Crippen LogP contribution is 2.23. The Hall–Kier alpha value is -1.60. The highest BCUT2D eigenvalue weighted by molar-refractivity contribution is 5.25. The Morgan fingerprint density at radius 1 is 0.833 bits per heavy atom. The monoisotopic (exact) mass is 323 g/mol. The lowest BCUT2D eigenvalue weighted by Crippen LogP contribution is -2.21. The maximum Gasteiger partial charge on any atom is 0.0340 e. The van der Waals surface area contributed by atoms with Gasteiger partial charge in [-0.15, -0.1) is 0 Å². The van der Waals surface area contributed by atoms with Crippen LogP contribution in [0.1, 0.15) is 56.3 Å². The summed E-state index contributed by atoms with van der Waals surface area (Å²) in [6.07, 6.45) is 4.95. The first-order valence-electron chi connectivity index (χ1n) is 9.40. The minimum Gasteiger partial charge on any atom is -0.313 e. The van der Waals surface area contributed by atoms with Gasteiger partial charge in [0.15, 0.2) is 0 Å². The maximum atomic E-state index is 3.42. The van der Waals surface area contributed by atoms with Crippen molar-refractivity contribution in [3.05, 3.63) is 71.3 Å². The SMILES string of the molecule is CNC(c1ccc(CC(C)CCCc2ccccc2)cc1)C(C)C. The standard InChI is InChI=1S/C23H33N/c1-18(2)23(24-4)22-15-13-21(14-16-22)17-19(3)9-8-12-20-10-6-5-7-11-20/h5-7,10-11,13-16,18-19,23-24H,8-9,12,17H2,1-4H3. The summed E-state index contributed by atoms with van der Waals surface area (Å²) in [5.41, 5.74) is 4.32. The summed E-state index contributed by atoms with van der Waals surface area (Å²) in [5.74, 6) is 1.35. The molecule has 2 atom stereocenters. The van der Waals surface area contributed by atoms with E-state index in [1.165, 1.54) is 42.4 Å². The van der Waals surface area contributed by atoms with E-state index in [9.17, 15) is 0 Å². The average molecular weight is 324 g/mol. The molecule has 0 saturated carbocycles. The Kier molecular flexibility index (Phi) is 7.52. The summed E-state index contributed by atoms with van der Waals surface area (Å²) in [7, 11) is 2.05. The Labute approximate surface area is 148 Å². The quantitative estimate of drug-likeness (QED) is 0.614. The fraction of sp³-hybridized carbons (Fsp3) is 0.478. The van der Waals surface area contributed by atoms with E-state index in [0.29, 0.717) is 12.0 Å². The van der Waals surface area contributed by atoms with Crippen LogP contribution in [-0.4, -0.2) is 7.05 Å². The zero-order valence-electron chi connectivity index (χ0n) is 15.8. The van der Waals surface area contributed by atoms with Gasteiger partial charge in [-0.1, -0.05) is 81.8 Å². The molecule has 0 saturated heterocycles. The summed E-state index contributed by atoms with van der Waals surface area (Å²) >= 11 is 0. The molecule has 2 rings (SSSR count). The molecule has 1 nitrogen and oxygen atoms in total. The highest BCUT2D eigenvalue weighted by atomic mass is 14.9. The van der Waals surface area contributed by atoms with E-state index < -0.39 is 0 Å². The van der Waals surface area contributed by atoms with E-state index in [1.807, 2.05) is 7.05 Å². The molecule has 24 heavy (non-hydrogen) atoms. The summed E-state index contributed by atoms with van der Waals surface area (Å²) < 4.78 is 0. The molecule has 1 heteroatoms. The molecule has 0 aliphatic rings. The first-order valence-corrected chi connectivity index (χ1v) is 9.40. The maximum absolute atomic E-state index is 3.42. The van der Waals surface area contributed by atoms with Crippen LogP contribution < -0.4 is 5.32 Å². The summed E-state index contributed by atoms with van der Waals surface area (Å²) in [5, 5.41) is 3.42. The van der Waals surface area contributed by atoms with Crippen LogP contribution in [0, 0.1) is 11.8 Å². The molecule has 2 aromatic rings. The first-order chi connectivity index (χ1) is 11.6. The number of aryl methyl sites for hydroxylation is 1.